The maximum absolute atomic E-state index is 5.83. The van der Waals surface area contributed by atoms with Crippen molar-refractivity contribution in [3.63, 3.8) is 0 Å². The van der Waals surface area contributed by atoms with Gasteiger partial charge in [0, 0.05) is 22.7 Å². The lowest BCUT2D eigenvalue weighted by molar-refractivity contribution is 0.922. The van der Waals surface area contributed by atoms with Crippen LogP contribution in [0.3, 0.4) is 0 Å². The highest BCUT2D eigenvalue weighted by molar-refractivity contribution is 7.99. The summed E-state index contributed by atoms with van der Waals surface area (Å²) < 4.78 is 0. The molecule has 3 heteroatoms. The second-order valence-corrected chi connectivity index (χ2v) is 5.55. The summed E-state index contributed by atoms with van der Waals surface area (Å²) in [6, 6.07) is 10.6. The molecule has 0 saturated carbocycles. The molecule has 0 bridgehead atoms. The Labute approximate surface area is 113 Å². The van der Waals surface area contributed by atoms with Crippen molar-refractivity contribution in [1.82, 2.24) is 4.98 Å². The highest BCUT2D eigenvalue weighted by atomic mass is 32.2. The Morgan fingerprint density at radius 1 is 1.11 bits per heavy atom. The molecule has 1 aromatic heterocycles. The van der Waals surface area contributed by atoms with E-state index < -0.39 is 0 Å². The third-order valence-corrected chi connectivity index (χ3v) is 3.92. The number of nitrogens with zero attached hydrogens (tertiary/aromatic N) is 1. The van der Waals surface area contributed by atoms with Crippen molar-refractivity contribution in [2.24, 2.45) is 5.73 Å². The van der Waals surface area contributed by atoms with Gasteiger partial charge in [-0.1, -0.05) is 29.5 Å². The van der Waals surface area contributed by atoms with Crippen LogP contribution in [0.5, 0.6) is 0 Å². The minimum absolute atomic E-state index is 0.535. The minimum atomic E-state index is 0.535. The number of aromatic nitrogens is 1. The SMILES string of the molecule is Cc1ccc(Sc2nc(C)cc(C)c2CN)cc1. The van der Waals surface area contributed by atoms with Crippen molar-refractivity contribution in [1.29, 1.82) is 0 Å². The minimum Gasteiger partial charge on any atom is -0.326 e. The lowest BCUT2D eigenvalue weighted by atomic mass is 10.1. The first-order valence-electron chi connectivity index (χ1n) is 6.02. The van der Waals surface area contributed by atoms with E-state index in [0.29, 0.717) is 6.54 Å². The molecule has 0 radical (unpaired) electrons. The van der Waals surface area contributed by atoms with Gasteiger partial charge in [-0.25, -0.2) is 4.98 Å². The molecule has 0 aliphatic carbocycles. The molecule has 0 fully saturated rings. The van der Waals surface area contributed by atoms with Crippen LogP contribution in [0.1, 0.15) is 22.4 Å². The Hall–Kier alpha value is -1.32. The molecule has 18 heavy (non-hydrogen) atoms. The Morgan fingerprint density at radius 3 is 2.39 bits per heavy atom. The molecular formula is C15H18N2S. The zero-order chi connectivity index (χ0) is 13.1. The number of nitrogens with two attached hydrogens (primary N) is 1. The second-order valence-electron chi connectivity index (χ2n) is 4.48. The van der Waals surface area contributed by atoms with Crippen LogP contribution in [0, 0.1) is 20.8 Å². The van der Waals surface area contributed by atoms with Crippen LogP contribution < -0.4 is 5.73 Å². The van der Waals surface area contributed by atoms with E-state index in [-0.39, 0.29) is 0 Å². The molecule has 2 aromatic rings. The van der Waals surface area contributed by atoms with Crippen LogP contribution >= 0.6 is 11.8 Å². The Kier molecular flexibility index (Phi) is 4.04. The first-order chi connectivity index (χ1) is 8.60. The van der Waals surface area contributed by atoms with Crippen LogP contribution in [0.25, 0.3) is 0 Å². The van der Waals surface area contributed by atoms with Crippen LogP contribution in [0.15, 0.2) is 40.3 Å². The average molecular weight is 258 g/mol. The number of aryl methyl sites for hydroxylation is 3. The van der Waals surface area contributed by atoms with Gasteiger partial charge in [0.05, 0.1) is 0 Å². The van der Waals surface area contributed by atoms with Crippen LogP contribution in [-0.4, -0.2) is 4.98 Å². The van der Waals surface area contributed by atoms with Crippen molar-refractivity contribution in [3.8, 4) is 0 Å². The molecule has 1 heterocycles. The van der Waals surface area contributed by atoms with E-state index >= 15 is 0 Å². The summed E-state index contributed by atoms with van der Waals surface area (Å²) >= 11 is 1.68. The molecule has 1 aromatic carbocycles. The largest absolute Gasteiger partial charge is 0.326 e. The van der Waals surface area contributed by atoms with Gasteiger partial charge in [0.2, 0.25) is 0 Å². The van der Waals surface area contributed by atoms with Crippen molar-refractivity contribution in [3.05, 3.63) is 52.7 Å². The third kappa shape index (κ3) is 2.92. The fourth-order valence-corrected chi connectivity index (χ4v) is 2.93. The Bertz CT molecular complexity index is 547. The molecule has 2 nitrogen and oxygen atoms in total. The molecule has 2 N–H and O–H groups in total. The van der Waals surface area contributed by atoms with Gasteiger partial charge in [-0.05, 0) is 44.5 Å². The van der Waals surface area contributed by atoms with Crippen LogP contribution in [-0.2, 0) is 6.54 Å². The number of rotatable bonds is 3. The number of hydrogen-bond acceptors (Lipinski definition) is 3. The molecule has 2 rings (SSSR count). The molecule has 0 aliphatic heterocycles. The smallest absolute Gasteiger partial charge is 0.106 e. The predicted molar refractivity (Wildman–Crippen MR) is 76.9 cm³/mol. The third-order valence-electron chi connectivity index (χ3n) is 2.88. The van der Waals surface area contributed by atoms with Crippen molar-refractivity contribution < 1.29 is 0 Å². The van der Waals surface area contributed by atoms with Crippen molar-refractivity contribution >= 4 is 11.8 Å². The van der Waals surface area contributed by atoms with Gasteiger partial charge in [0.15, 0.2) is 0 Å². The highest BCUT2D eigenvalue weighted by Gasteiger charge is 2.09. The van der Waals surface area contributed by atoms with E-state index in [1.54, 1.807) is 11.8 Å². The molecule has 0 aliphatic rings. The molecule has 0 spiro atoms. The van der Waals surface area contributed by atoms with Crippen molar-refractivity contribution in [2.45, 2.75) is 37.2 Å². The zero-order valence-electron chi connectivity index (χ0n) is 11.0. The number of pyridine rings is 1. The van der Waals surface area contributed by atoms with Gasteiger partial charge in [0.1, 0.15) is 5.03 Å². The van der Waals surface area contributed by atoms with Crippen molar-refractivity contribution in [2.75, 3.05) is 0 Å². The lowest BCUT2D eigenvalue weighted by Gasteiger charge is -2.11. The van der Waals surface area contributed by atoms with Gasteiger partial charge in [-0.2, -0.15) is 0 Å². The number of benzene rings is 1. The molecular weight excluding hydrogens is 240 g/mol. The van der Waals surface area contributed by atoms with Gasteiger partial charge >= 0.3 is 0 Å². The van der Waals surface area contributed by atoms with E-state index in [4.69, 9.17) is 5.73 Å². The zero-order valence-corrected chi connectivity index (χ0v) is 11.8. The van der Waals surface area contributed by atoms with Gasteiger partial charge < -0.3 is 5.73 Å². The summed E-state index contributed by atoms with van der Waals surface area (Å²) in [5.41, 5.74) is 10.5. The molecule has 0 saturated heterocycles. The standard InChI is InChI=1S/C15H18N2S/c1-10-4-6-13(7-5-10)18-15-14(9-16)11(2)8-12(3)17-15/h4-8H,9,16H2,1-3H3. The van der Waals surface area contributed by atoms with Gasteiger partial charge in [-0.15, -0.1) is 0 Å². The lowest BCUT2D eigenvalue weighted by Crippen LogP contribution is -2.04. The molecule has 0 atom stereocenters. The molecule has 0 unspecified atom stereocenters. The van der Waals surface area contributed by atoms with Gasteiger partial charge in [-0.3, -0.25) is 0 Å². The summed E-state index contributed by atoms with van der Waals surface area (Å²) in [7, 11) is 0. The Balaban J connectivity index is 2.36. The Morgan fingerprint density at radius 2 is 1.78 bits per heavy atom. The van der Waals surface area contributed by atoms with Crippen LogP contribution in [0.2, 0.25) is 0 Å². The van der Waals surface area contributed by atoms with E-state index in [1.807, 2.05) is 6.92 Å². The van der Waals surface area contributed by atoms with Gasteiger partial charge in [0.25, 0.3) is 0 Å². The first kappa shape index (κ1) is 13.1. The summed E-state index contributed by atoms with van der Waals surface area (Å²) in [4.78, 5) is 5.81. The maximum Gasteiger partial charge on any atom is 0.106 e. The second kappa shape index (κ2) is 5.55. The molecule has 94 valence electrons. The van der Waals surface area contributed by atoms with E-state index in [9.17, 15) is 0 Å². The van der Waals surface area contributed by atoms with E-state index in [0.717, 1.165) is 16.3 Å². The normalized spacial score (nSPS) is 10.7. The van der Waals surface area contributed by atoms with Crippen LogP contribution in [0.4, 0.5) is 0 Å². The molecule has 0 amide bonds. The number of hydrogen-bond donors (Lipinski definition) is 1. The maximum atomic E-state index is 5.83. The quantitative estimate of drug-likeness (QED) is 0.914. The summed E-state index contributed by atoms with van der Waals surface area (Å²) in [6.07, 6.45) is 0. The summed E-state index contributed by atoms with van der Waals surface area (Å²) in [5, 5.41) is 1.03. The fourth-order valence-electron chi connectivity index (χ4n) is 1.88. The van der Waals surface area contributed by atoms with E-state index in [1.165, 1.54) is 16.0 Å². The summed E-state index contributed by atoms with van der Waals surface area (Å²) in [6.45, 7) is 6.74. The van der Waals surface area contributed by atoms with E-state index in [2.05, 4.69) is 49.2 Å². The highest BCUT2D eigenvalue weighted by Crippen LogP contribution is 2.30. The summed E-state index contributed by atoms with van der Waals surface area (Å²) in [5.74, 6) is 0. The monoisotopic (exact) mass is 258 g/mol. The average Bonchev–Trinajstić information content (AvgIpc) is 2.32. The fraction of sp³-hybridized carbons (Fsp3) is 0.267. The predicted octanol–water partition coefficient (Wildman–Crippen LogP) is 3.62. The first-order valence-corrected chi connectivity index (χ1v) is 6.83. The topological polar surface area (TPSA) is 38.9 Å².